The number of hydrazone groups is 1. The Hall–Kier alpha value is -3.79. The van der Waals surface area contributed by atoms with Gasteiger partial charge in [-0.25, -0.2) is 18.2 Å². The maximum Gasteiger partial charge on any atom is 0.255 e. The van der Waals surface area contributed by atoms with Gasteiger partial charge in [-0.15, -0.1) is 0 Å². The Kier molecular flexibility index (Phi) is 7.64. The fourth-order valence-corrected chi connectivity index (χ4v) is 5.08. The Morgan fingerprint density at radius 1 is 1.00 bits per heavy atom. The molecule has 0 aliphatic heterocycles. The summed E-state index contributed by atoms with van der Waals surface area (Å²) in [5.41, 5.74) is 2.78. The van der Waals surface area contributed by atoms with Crippen LogP contribution in [0.15, 0.2) is 94.9 Å². The van der Waals surface area contributed by atoms with E-state index in [1.165, 1.54) is 54.7 Å². The number of hydrogen-bond donors (Lipinski definition) is 2. The minimum atomic E-state index is -4.19. The molecule has 1 amide bonds. The van der Waals surface area contributed by atoms with Crippen molar-refractivity contribution in [1.82, 2.24) is 9.73 Å². The number of carbonyl (C=O) groups is 1. The zero-order valence-electron chi connectivity index (χ0n) is 18.8. The van der Waals surface area contributed by atoms with Crippen LogP contribution in [0.1, 0.15) is 11.1 Å². The van der Waals surface area contributed by atoms with Crippen LogP contribution in [0.25, 0.3) is 10.8 Å². The fraction of sp³-hybridized carbons (Fsp3) is 0.0769. The van der Waals surface area contributed by atoms with Crippen molar-refractivity contribution >= 4 is 44.5 Å². The lowest BCUT2D eigenvalue weighted by atomic mass is 10.0. The Morgan fingerprint density at radius 2 is 1.69 bits per heavy atom. The molecule has 0 atom stereocenters. The van der Waals surface area contributed by atoms with E-state index in [4.69, 9.17) is 11.6 Å². The van der Waals surface area contributed by atoms with E-state index in [0.717, 1.165) is 15.1 Å². The standard InChI is InChI=1S/C26H21ClFN3O4S/c27-20-10-12-21(13-11-20)36(34,35)31(16-19-6-2-4-8-24(19)28)17-26(33)30-29-15-23-22-7-3-1-5-18(22)9-14-25(23)32/h1-15,32H,16-17H2,(H,30,33)/b29-15-. The number of carbonyl (C=O) groups excluding carboxylic acids is 1. The van der Waals surface area contributed by atoms with Crippen molar-refractivity contribution in [3.8, 4) is 5.75 Å². The van der Waals surface area contributed by atoms with Gasteiger partial charge in [-0.2, -0.15) is 9.41 Å². The first-order valence-corrected chi connectivity index (χ1v) is 12.6. The molecule has 36 heavy (non-hydrogen) atoms. The van der Waals surface area contributed by atoms with Gasteiger partial charge in [0.15, 0.2) is 0 Å². The third-order valence-corrected chi connectivity index (χ3v) is 7.46. The molecule has 0 radical (unpaired) electrons. The zero-order valence-corrected chi connectivity index (χ0v) is 20.4. The average Bonchev–Trinajstić information content (AvgIpc) is 2.86. The molecule has 0 fully saturated rings. The normalized spacial score (nSPS) is 11.9. The zero-order chi connectivity index (χ0) is 25.7. The molecular weight excluding hydrogens is 505 g/mol. The molecule has 0 saturated carbocycles. The van der Waals surface area contributed by atoms with Crippen LogP contribution in [0.2, 0.25) is 5.02 Å². The van der Waals surface area contributed by atoms with Gasteiger partial charge in [-0.3, -0.25) is 4.79 Å². The van der Waals surface area contributed by atoms with Gasteiger partial charge in [0.1, 0.15) is 11.6 Å². The molecule has 0 aromatic heterocycles. The molecule has 7 nitrogen and oxygen atoms in total. The van der Waals surface area contributed by atoms with E-state index in [1.807, 2.05) is 12.1 Å². The van der Waals surface area contributed by atoms with E-state index in [-0.39, 0.29) is 22.8 Å². The van der Waals surface area contributed by atoms with Crippen molar-refractivity contribution < 1.29 is 22.7 Å². The molecule has 0 spiro atoms. The predicted molar refractivity (Wildman–Crippen MR) is 137 cm³/mol. The summed E-state index contributed by atoms with van der Waals surface area (Å²) in [6, 6.07) is 21.8. The molecule has 4 aromatic carbocycles. The van der Waals surface area contributed by atoms with Gasteiger partial charge >= 0.3 is 0 Å². The van der Waals surface area contributed by atoms with Crippen LogP contribution in [0, 0.1) is 5.82 Å². The summed E-state index contributed by atoms with van der Waals surface area (Å²) >= 11 is 5.88. The van der Waals surface area contributed by atoms with Crippen LogP contribution in [-0.4, -0.2) is 36.5 Å². The van der Waals surface area contributed by atoms with Crippen LogP contribution in [-0.2, 0) is 21.4 Å². The van der Waals surface area contributed by atoms with Gasteiger partial charge in [0, 0.05) is 22.7 Å². The van der Waals surface area contributed by atoms with E-state index in [1.54, 1.807) is 24.3 Å². The number of nitrogens with one attached hydrogen (secondary N) is 1. The molecule has 0 unspecified atom stereocenters. The molecule has 2 N–H and O–H groups in total. The number of sulfonamides is 1. The second kappa shape index (κ2) is 10.9. The summed E-state index contributed by atoms with van der Waals surface area (Å²) in [6.07, 6.45) is 1.28. The first-order chi connectivity index (χ1) is 17.3. The second-order valence-electron chi connectivity index (χ2n) is 7.83. The monoisotopic (exact) mass is 525 g/mol. The fourth-order valence-electron chi connectivity index (χ4n) is 3.58. The Labute approximate surface area is 212 Å². The number of amides is 1. The number of hydrogen-bond acceptors (Lipinski definition) is 5. The molecule has 0 aliphatic carbocycles. The average molecular weight is 526 g/mol. The number of nitrogens with zero attached hydrogens (tertiary/aromatic N) is 2. The first-order valence-electron chi connectivity index (χ1n) is 10.8. The summed E-state index contributed by atoms with van der Waals surface area (Å²) < 4.78 is 41.7. The van der Waals surface area contributed by atoms with E-state index in [9.17, 15) is 22.7 Å². The number of halogens is 2. The molecule has 4 aromatic rings. The molecule has 4 rings (SSSR count). The van der Waals surface area contributed by atoms with Gasteiger partial charge < -0.3 is 5.11 Å². The van der Waals surface area contributed by atoms with Crippen LogP contribution < -0.4 is 5.43 Å². The number of benzene rings is 4. The Bertz CT molecular complexity index is 1540. The van der Waals surface area contributed by atoms with Crippen LogP contribution in [0.4, 0.5) is 4.39 Å². The maximum atomic E-state index is 14.3. The summed E-state index contributed by atoms with van der Waals surface area (Å²) in [4.78, 5) is 12.6. The van der Waals surface area contributed by atoms with Crippen molar-refractivity contribution in [2.75, 3.05) is 6.54 Å². The molecule has 0 heterocycles. The number of fused-ring (bicyclic) bond motifs is 1. The molecular formula is C26H21ClFN3O4S. The SMILES string of the molecule is O=C(CN(Cc1ccccc1F)S(=O)(=O)c1ccc(Cl)cc1)N/N=C\c1c(O)ccc2ccccc12. The Morgan fingerprint density at radius 3 is 2.44 bits per heavy atom. The Balaban J connectivity index is 1.57. The van der Waals surface area contributed by atoms with Gasteiger partial charge in [0.25, 0.3) is 5.91 Å². The highest BCUT2D eigenvalue weighted by Gasteiger charge is 2.27. The topological polar surface area (TPSA) is 99.1 Å². The summed E-state index contributed by atoms with van der Waals surface area (Å²) in [7, 11) is -4.19. The van der Waals surface area contributed by atoms with E-state index < -0.39 is 28.3 Å². The quantitative estimate of drug-likeness (QED) is 0.258. The largest absolute Gasteiger partial charge is 0.507 e. The lowest BCUT2D eigenvalue weighted by Crippen LogP contribution is -2.39. The smallest absolute Gasteiger partial charge is 0.255 e. The summed E-state index contributed by atoms with van der Waals surface area (Å²) in [5.74, 6) is -1.38. The van der Waals surface area contributed by atoms with Crippen LogP contribution in [0.5, 0.6) is 5.75 Å². The maximum absolute atomic E-state index is 14.3. The van der Waals surface area contributed by atoms with E-state index in [2.05, 4.69) is 10.5 Å². The van der Waals surface area contributed by atoms with Crippen LogP contribution >= 0.6 is 11.6 Å². The van der Waals surface area contributed by atoms with Gasteiger partial charge in [0.2, 0.25) is 10.0 Å². The van der Waals surface area contributed by atoms with Gasteiger partial charge in [0.05, 0.1) is 17.7 Å². The minimum Gasteiger partial charge on any atom is -0.507 e. The van der Waals surface area contributed by atoms with Crippen molar-refractivity contribution in [2.45, 2.75) is 11.4 Å². The lowest BCUT2D eigenvalue weighted by Gasteiger charge is -2.21. The third kappa shape index (κ3) is 5.71. The van der Waals surface area contributed by atoms with Crippen molar-refractivity contribution in [3.05, 3.63) is 107 Å². The molecule has 184 valence electrons. The van der Waals surface area contributed by atoms with Gasteiger partial charge in [-0.1, -0.05) is 60.1 Å². The van der Waals surface area contributed by atoms with Gasteiger partial charge in [-0.05, 0) is 47.2 Å². The third-order valence-electron chi connectivity index (χ3n) is 5.41. The highest BCUT2D eigenvalue weighted by Crippen LogP contribution is 2.25. The summed E-state index contributed by atoms with van der Waals surface area (Å²) in [5, 5.41) is 16.1. The molecule has 10 heteroatoms. The van der Waals surface area contributed by atoms with Crippen molar-refractivity contribution in [1.29, 1.82) is 0 Å². The predicted octanol–water partition coefficient (Wildman–Crippen LogP) is 4.68. The van der Waals surface area contributed by atoms with Crippen molar-refractivity contribution in [3.63, 3.8) is 0 Å². The number of aromatic hydroxyl groups is 1. The van der Waals surface area contributed by atoms with E-state index in [0.29, 0.717) is 10.6 Å². The highest BCUT2D eigenvalue weighted by atomic mass is 35.5. The van der Waals surface area contributed by atoms with Crippen LogP contribution in [0.3, 0.4) is 0 Å². The molecule has 0 bridgehead atoms. The minimum absolute atomic E-state index is 0.0294. The molecule has 0 aliphatic rings. The first kappa shape index (κ1) is 25.3. The summed E-state index contributed by atoms with van der Waals surface area (Å²) in [6.45, 7) is -1.00. The number of rotatable bonds is 8. The van der Waals surface area contributed by atoms with E-state index >= 15 is 0 Å². The lowest BCUT2D eigenvalue weighted by molar-refractivity contribution is -0.121. The highest BCUT2D eigenvalue weighted by molar-refractivity contribution is 7.89. The molecule has 0 saturated heterocycles. The number of phenols is 1. The van der Waals surface area contributed by atoms with Crippen molar-refractivity contribution in [2.24, 2.45) is 5.10 Å². The second-order valence-corrected chi connectivity index (χ2v) is 10.2. The number of phenolic OH excluding ortho intramolecular Hbond substituents is 1.